The smallest absolute Gasteiger partial charge is 0.406 e. The van der Waals surface area contributed by atoms with Crippen LogP contribution in [0, 0.1) is 13.8 Å². The number of piperazine rings is 1. The number of amides is 2. The van der Waals surface area contributed by atoms with Crippen LogP contribution in [0.15, 0.2) is 60.9 Å². The second kappa shape index (κ2) is 20.9. The highest BCUT2D eigenvalue weighted by Crippen LogP contribution is 2.29. The Labute approximate surface area is 397 Å². The number of alkyl halides is 6. The molecule has 3 N–H and O–H groups in total. The summed E-state index contributed by atoms with van der Waals surface area (Å²) in [5, 5.41) is 8.87. The average molecular weight is 977 g/mol. The first-order chi connectivity index (χ1) is 33.3. The van der Waals surface area contributed by atoms with E-state index < -0.39 is 12.7 Å². The number of nitrogens with zero attached hydrogens (tertiary/aromatic N) is 11. The summed E-state index contributed by atoms with van der Waals surface area (Å²) in [6.07, 6.45) is -2.47. The molecule has 7 heterocycles. The highest BCUT2D eigenvalue weighted by Gasteiger charge is 2.39. The lowest BCUT2D eigenvalue weighted by molar-refractivity contribution is -0.275. The topological polar surface area (TPSA) is 202 Å². The van der Waals surface area contributed by atoms with Gasteiger partial charge in [-0.25, -0.2) is 29.9 Å². The van der Waals surface area contributed by atoms with Gasteiger partial charge in [-0.05, 0) is 95.4 Å². The second-order valence-electron chi connectivity index (χ2n) is 17.4. The fraction of sp³-hybridized carbons (Fsp3) is 0.435. The van der Waals surface area contributed by atoms with Gasteiger partial charge in [0.2, 0.25) is 23.7 Å². The Hall–Kier alpha value is -7.08. The number of ether oxygens (including phenoxy) is 2. The minimum Gasteiger partial charge on any atom is -0.406 e. The van der Waals surface area contributed by atoms with Gasteiger partial charge in [0, 0.05) is 57.1 Å². The third-order valence-electron chi connectivity index (χ3n) is 12.1. The van der Waals surface area contributed by atoms with Gasteiger partial charge in [-0.2, -0.15) is 9.97 Å². The predicted octanol–water partition coefficient (Wildman–Crippen LogP) is 6.48. The lowest BCUT2D eigenvalue weighted by Crippen LogP contribution is -2.44. The maximum atomic E-state index is 12.4. The molecule has 70 heavy (non-hydrogen) atoms. The van der Waals surface area contributed by atoms with Crippen molar-refractivity contribution in [2.75, 3.05) is 60.7 Å². The highest BCUT2D eigenvalue weighted by atomic mass is 19.4. The summed E-state index contributed by atoms with van der Waals surface area (Å²) in [5.41, 5.74) is 4.73. The molecule has 3 aliphatic heterocycles. The van der Waals surface area contributed by atoms with Crippen LogP contribution in [0.2, 0.25) is 0 Å². The third-order valence-corrected chi connectivity index (χ3v) is 12.1. The van der Waals surface area contributed by atoms with Gasteiger partial charge >= 0.3 is 12.7 Å². The lowest BCUT2D eigenvalue weighted by Gasteiger charge is -2.35. The van der Waals surface area contributed by atoms with Gasteiger partial charge in [-0.3, -0.25) is 9.59 Å². The van der Waals surface area contributed by atoms with E-state index in [1.54, 1.807) is 0 Å². The molecule has 0 saturated carbocycles. The van der Waals surface area contributed by atoms with Crippen molar-refractivity contribution in [2.24, 2.45) is 0 Å². The van der Waals surface area contributed by atoms with Crippen LogP contribution in [0.25, 0.3) is 22.3 Å². The van der Waals surface area contributed by atoms with Crippen LogP contribution >= 0.6 is 0 Å². The number of nitrogens with one attached hydrogen (secondary N) is 3. The molecule has 370 valence electrons. The van der Waals surface area contributed by atoms with Crippen LogP contribution in [0.3, 0.4) is 0 Å². The molecule has 2 amide bonds. The van der Waals surface area contributed by atoms with E-state index in [4.69, 9.17) is 0 Å². The zero-order valence-electron chi connectivity index (χ0n) is 38.6. The molecular weight excluding hydrogens is 927 g/mol. The maximum absolute atomic E-state index is 12.4. The fourth-order valence-electron chi connectivity index (χ4n) is 8.48. The van der Waals surface area contributed by atoms with Crippen LogP contribution in [-0.2, 0) is 22.4 Å². The summed E-state index contributed by atoms with van der Waals surface area (Å²) in [6, 6.07) is 12.3. The monoisotopic (exact) mass is 976 g/mol. The zero-order valence-corrected chi connectivity index (χ0v) is 38.6. The summed E-state index contributed by atoms with van der Waals surface area (Å²) in [4.78, 5) is 67.5. The largest absolute Gasteiger partial charge is 0.573 e. The molecule has 3 aliphatic rings. The van der Waals surface area contributed by atoms with Crippen LogP contribution < -0.4 is 35.2 Å². The summed E-state index contributed by atoms with van der Waals surface area (Å²) >= 11 is 0. The lowest BCUT2D eigenvalue weighted by atomic mass is 10.0. The molecule has 24 heteroatoms. The zero-order chi connectivity index (χ0) is 49.7. The molecule has 0 radical (unpaired) electrons. The molecule has 0 spiro atoms. The first-order valence-corrected chi connectivity index (χ1v) is 22.5. The number of piperidine rings is 1. The normalized spacial score (nSPS) is 17.2. The summed E-state index contributed by atoms with van der Waals surface area (Å²) < 4.78 is 81.3. The molecule has 2 bridgehead atoms. The van der Waals surface area contributed by atoms with Crippen LogP contribution in [0.1, 0.15) is 54.6 Å². The number of hydrogen-bond acceptors (Lipinski definition) is 16. The number of benzene rings is 2. The van der Waals surface area contributed by atoms with Crippen molar-refractivity contribution in [1.29, 1.82) is 0 Å². The first-order valence-electron chi connectivity index (χ1n) is 22.5. The Kier molecular flexibility index (Phi) is 14.7. The quantitative estimate of drug-likeness (QED) is 0.106. The molecular formula is C46H50F6N14O4. The number of fused-ring (bicyclic) bond motifs is 4. The van der Waals surface area contributed by atoms with Crippen molar-refractivity contribution in [3.05, 3.63) is 83.4 Å². The van der Waals surface area contributed by atoms with Gasteiger partial charge in [0.25, 0.3) is 0 Å². The maximum Gasteiger partial charge on any atom is 0.573 e. The van der Waals surface area contributed by atoms with Crippen LogP contribution in [0.5, 0.6) is 11.5 Å². The minimum absolute atomic E-state index is 0.122. The molecule has 6 aromatic rings. The Balaban J connectivity index is 0.000000188. The molecule has 9 rings (SSSR count). The molecule has 18 nitrogen and oxygen atoms in total. The van der Waals surface area contributed by atoms with E-state index in [2.05, 4.69) is 94.1 Å². The summed E-state index contributed by atoms with van der Waals surface area (Å²) in [5.74, 6) is 0.663. The third kappa shape index (κ3) is 13.0. The number of anilines is 4. The van der Waals surface area contributed by atoms with Crippen molar-refractivity contribution in [1.82, 2.24) is 50.1 Å². The van der Waals surface area contributed by atoms with E-state index in [-0.39, 0.29) is 47.8 Å². The van der Waals surface area contributed by atoms with E-state index in [0.29, 0.717) is 87.7 Å². The van der Waals surface area contributed by atoms with Crippen molar-refractivity contribution in [2.45, 2.75) is 89.6 Å². The van der Waals surface area contributed by atoms with Crippen LogP contribution in [0.4, 0.5) is 49.9 Å². The van der Waals surface area contributed by atoms with Crippen molar-refractivity contribution in [3.8, 4) is 11.5 Å². The number of carbonyl (C=O) groups is 2. The molecule has 2 unspecified atom stereocenters. The number of halogens is 6. The van der Waals surface area contributed by atoms with E-state index in [1.165, 1.54) is 60.9 Å². The predicted molar refractivity (Wildman–Crippen MR) is 246 cm³/mol. The molecule has 0 aliphatic carbocycles. The number of hydrogen-bond donors (Lipinski definition) is 3. The highest BCUT2D eigenvalue weighted by molar-refractivity contribution is 5.91. The Bertz CT molecular complexity index is 2810. The van der Waals surface area contributed by atoms with E-state index in [1.807, 2.05) is 13.8 Å². The summed E-state index contributed by atoms with van der Waals surface area (Å²) in [6.45, 7) is 7.21. The van der Waals surface area contributed by atoms with E-state index in [9.17, 15) is 35.9 Å². The second-order valence-corrected chi connectivity index (χ2v) is 17.4. The minimum atomic E-state index is -4.74. The van der Waals surface area contributed by atoms with Gasteiger partial charge in [0.1, 0.15) is 22.5 Å². The SMILES string of the molecule is Cc1nc(N2CC3CC2CN3)nc2ncc(NC(=O)CCc3ccc(OC(F)(F)F)cc3)nc12.Cc1nc(N2CCC(N(C)C)CC2)nc2ncc(NC(=O)CCc3ccc(OC(F)(F)F)cc3)nc12. The summed E-state index contributed by atoms with van der Waals surface area (Å²) in [7, 11) is 4.19. The average Bonchev–Trinajstić information content (AvgIpc) is 3.96. The molecule has 4 aromatic heterocycles. The Morgan fingerprint density at radius 1 is 0.700 bits per heavy atom. The number of rotatable bonds is 13. The standard InChI is InChI=1S/C24H28F3N7O2.C22H22F3N7O2/c1-15-21-22(32-23(29-15)34-12-10-17(11-13-34)33(2)3)28-14-19(31-21)30-20(35)9-6-16-4-7-18(8-5-16)36-24(25,26)27;1-12-19-20(31-21(28-12)32-11-14-8-15(32)9-26-14)27-10-17(30-19)29-18(33)7-4-13-2-5-16(6-3-13)34-22(23,24)25/h4-5,7-8,14,17H,6,9-13H2,1-3H3,(H,30,31,35);2-3,5-6,10,14-15,26H,4,7-9,11H2,1H3,(H,29,30,33). The Morgan fingerprint density at radius 3 is 1.60 bits per heavy atom. The van der Waals surface area contributed by atoms with Crippen LogP contribution in [-0.4, -0.2) is 128 Å². The van der Waals surface area contributed by atoms with E-state index in [0.717, 1.165) is 45.4 Å². The van der Waals surface area contributed by atoms with Gasteiger partial charge in [0.05, 0.1) is 23.8 Å². The van der Waals surface area contributed by atoms with Gasteiger partial charge in [-0.1, -0.05) is 24.3 Å². The van der Waals surface area contributed by atoms with Crippen molar-refractivity contribution < 1.29 is 45.4 Å². The van der Waals surface area contributed by atoms with Gasteiger partial charge < -0.3 is 40.1 Å². The van der Waals surface area contributed by atoms with Crippen molar-refractivity contribution in [3.63, 3.8) is 0 Å². The molecule has 3 fully saturated rings. The van der Waals surface area contributed by atoms with Gasteiger partial charge in [-0.15, -0.1) is 26.3 Å². The molecule has 3 saturated heterocycles. The molecule has 2 aromatic carbocycles. The van der Waals surface area contributed by atoms with Crippen molar-refractivity contribution >= 4 is 57.7 Å². The van der Waals surface area contributed by atoms with Gasteiger partial charge in [0.15, 0.2) is 22.9 Å². The number of carbonyl (C=O) groups excluding carboxylic acids is 2. The number of aryl methyl sites for hydroxylation is 4. The van der Waals surface area contributed by atoms with E-state index >= 15 is 0 Å². The first kappa shape index (κ1) is 49.3. The molecule has 2 atom stereocenters. The Morgan fingerprint density at radius 2 is 1.17 bits per heavy atom. The number of aromatic nitrogens is 8. The fourth-order valence-corrected chi connectivity index (χ4v) is 8.48.